The van der Waals surface area contributed by atoms with Gasteiger partial charge >= 0.3 is 5.97 Å². The first kappa shape index (κ1) is 13.2. The van der Waals surface area contributed by atoms with Crippen LogP contribution in [0.5, 0.6) is 0 Å². The second-order valence-electron chi connectivity index (χ2n) is 5.06. The van der Waals surface area contributed by atoms with Crippen LogP contribution in [0.15, 0.2) is 6.07 Å². The second-order valence-corrected chi connectivity index (χ2v) is 6.20. The van der Waals surface area contributed by atoms with Crippen molar-refractivity contribution in [2.75, 3.05) is 0 Å². The molecule has 90 valence electrons. The van der Waals surface area contributed by atoms with Gasteiger partial charge in [-0.2, -0.15) is 0 Å². The average Bonchev–Trinajstić information content (AvgIpc) is 2.46. The highest BCUT2D eigenvalue weighted by Gasteiger charge is 2.15. The Balaban J connectivity index is 2.97. The fraction of sp³-hybridized carbons (Fsp3) is 0.615. The van der Waals surface area contributed by atoms with Gasteiger partial charge in [0.15, 0.2) is 0 Å². The molecule has 2 nitrogen and oxygen atoms in total. The van der Waals surface area contributed by atoms with Crippen LogP contribution in [-0.4, -0.2) is 11.1 Å². The predicted molar refractivity (Wildman–Crippen MR) is 68.4 cm³/mol. The van der Waals surface area contributed by atoms with Gasteiger partial charge in [-0.25, -0.2) is 4.79 Å². The summed E-state index contributed by atoms with van der Waals surface area (Å²) in [4.78, 5) is 12.7. The minimum atomic E-state index is -0.801. The molecule has 1 heterocycles. The summed E-state index contributed by atoms with van der Waals surface area (Å²) >= 11 is 1.44. The summed E-state index contributed by atoms with van der Waals surface area (Å²) in [6.07, 6.45) is 1.96. The van der Waals surface area contributed by atoms with E-state index in [1.807, 2.05) is 6.07 Å². The molecule has 3 heteroatoms. The Morgan fingerprint density at radius 2 is 1.81 bits per heavy atom. The quantitative estimate of drug-likeness (QED) is 0.849. The van der Waals surface area contributed by atoms with Crippen LogP contribution in [0.2, 0.25) is 0 Å². The third-order valence-electron chi connectivity index (χ3n) is 2.33. The van der Waals surface area contributed by atoms with E-state index < -0.39 is 5.97 Å². The van der Waals surface area contributed by atoms with E-state index in [1.165, 1.54) is 21.8 Å². The molecule has 0 aliphatic rings. The molecule has 0 amide bonds. The van der Waals surface area contributed by atoms with Gasteiger partial charge in [-0.05, 0) is 36.3 Å². The van der Waals surface area contributed by atoms with E-state index in [-0.39, 0.29) is 0 Å². The first-order valence-electron chi connectivity index (χ1n) is 5.75. The predicted octanol–water partition coefficient (Wildman–Crippen LogP) is 3.84. The van der Waals surface area contributed by atoms with Crippen molar-refractivity contribution < 1.29 is 9.90 Å². The second kappa shape index (κ2) is 5.48. The number of carbonyl (C=O) groups is 1. The maximum Gasteiger partial charge on any atom is 0.345 e. The third kappa shape index (κ3) is 3.63. The Bertz CT molecular complexity index is 337. The summed E-state index contributed by atoms with van der Waals surface area (Å²) < 4.78 is 0. The number of hydrogen-bond acceptors (Lipinski definition) is 2. The maximum absolute atomic E-state index is 10.9. The highest BCUT2D eigenvalue weighted by molar-refractivity contribution is 7.14. The minimum Gasteiger partial charge on any atom is -0.477 e. The molecule has 0 atom stereocenters. The molecule has 1 aromatic heterocycles. The molecule has 16 heavy (non-hydrogen) atoms. The summed E-state index contributed by atoms with van der Waals surface area (Å²) in [5.74, 6) is 0.346. The zero-order valence-corrected chi connectivity index (χ0v) is 11.2. The molecule has 0 saturated carbocycles. The van der Waals surface area contributed by atoms with E-state index in [0.29, 0.717) is 16.7 Å². The first-order chi connectivity index (χ1) is 7.40. The SMILES string of the molecule is CC(C)Cc1cc(C(=O)O)sc1CC(C)C. The lowest BCUT2D eigenvalue weighted by atomic mass is 9.99. The van der Waals surface area contributed by atoms with Gasteiger partial charge in [0.05, 0.1) is 0 Å². The average molecular weight is 240 g/mol. The zero-order chi connectivity index (χ0) is 12.3. The van der Waals surface area contributed by atoms with Gasteiger partial charge in [-0.15, -0.1) is 11.3 Å². The van der Waals surface area contributed by atoms with Crippen molar-refractivity contribution in [3.05, 3.63) is 21.4 Å². The third-order valence-corrected chi connectivity index (χ3v) is 3.52. The standard InChI is InChI=1S/C13H20O2S/c1-8(2)5-10-7-12(13(14)15)16-11(10)6-9(3)4/h7-9H,5-6H2,1-4H3,(H,14,15). The Hall–Kier alpha value is -0.830. The number of hydrogen-bond donors (Lipinski definition) is 1. The van der Waals surface area contributed by atoms with Gasteiger partial charge in [-0.1, -0.05) is 27.7 Å². The molecule has 0 aromatic carbocycles. The van der Waals surface area contributed by atoms with Crippen LogP contribution < -0.4 is 0 Å². The number of carboxylic acid groups (broad SMARTS) is 1. The van der Waals surface area contributed by atoms with E-state index in [0.717, 1.165) is 12.8 Å². The molecule has 0 aliphatic carbocycles. The smallest absolute Gasteiger partial charge is 0.345 e. The van der Waals surface area contributed by atoms with Crippen molar-refractivity contribution >= 4 is 17.3 Å². The maximum atomic E-state index is 10.9. The van der Waals surface area contributed by atoms with E-state index in [4.69, 9.17) is 5.11 Å². The van der Waals surface area contributed by atoms with Crippen LogP contribution >= 0.6 is 11.3 Å². The van der Waals surface area contributed by atoms with Gasteiger partial charge in [-0.3, -0.25) is 0 Å². The monoisotopic (exact) mass is 240 g/mol. The van der Waals surface area contributed by atoms with Crippen molar-refractivity contribution in [3.8, 4) is 0 Å². The molecule has 0 saturated heterocycles. The minimum absolute atomic E-state index is 0.478. The Labute approximate surface area is 101 Å². The summed E-state index contributed by atoms with van der Waals surface area (Å²) in [6.45, 7) is 8.66. The molecule has 0 unspecified atom stereocenters. The highest BCUT2D eigenvalue weighted by atomic mass is 32.1. The normalized spacial score (nSPS) is 11.4. The van der Waals surface area contributed by atoms with Gasteiger partial charge in [0.2, 0.25) is 0 Å². The van der Waals surface area contributed by atoms with Crippen molar-refractivity contribution in [2.24, 2.45) is 11.8 Å². The number of rotatable bonds is 5. The molecule has 0 spiro atoms. The fourth-order valence-corrected chi connectivity index (χ4v) is 2.97. The van der Waals surface area contributed by atoms with E-state index >= 15 is 0 Å². The fourth-order valence-electron chi connectivity index (χ4n) is 1.73. The van der Waals surface area contributed by atoms with E-state index in [1.54, 1.807) is 0 Å². The van der Waals surface area contributed by atoms with Crippen LogP contribution in [0.4, 0.5) is 0 Å². The van der Waals surface area contributed by atoms with Gasteiger partial charge in [0.25, 0.3) is 0 Å². The molecule has 0 radical (unpaired) electrons. The summed E-state index contributed by atoms with van der Waals surface area (Å²) in [7, 11) is 0. The summed E-state index contributed by atoms with van der Waals surface area (Å²) in [5, 5.41) is 9.00. The molecule has 0 fully saturated rings. The number of aromatic carboxylic acids is 1. The lowest BCUT2D eigenvalue weighted by Gasteiger charge is -2.08. The van der Waals surface area contributed by atoms with Crippen LogP contribution in [0.3, 0.4) is 0 Å². The van der Waals surface area contributed by atoms with Gasteiger partial charge < -0.3 is 5.11 Å². The van der Waals surface area contributed by atoms with Gasteiger partial charge in [0, 0.05) is 4.88 Å². The number of carboxylic acids is 1. The van der Waals surface area contributed by atoms with E-state index in [2.05, 4.69) is 27.7 Å². The van der Waals surface area contributed by atoms with Crippen molar-refractivity contribution in [3.63, 3.8) is 0 Å². The van der Waals surface area contributed by atoms with Crippen LogP contribution in [-0.2, 0) is 12.8 Å². The molecule has 0 bridgehead atoms. The van der Waals surface area contributed by atoms with Crippen LogP contribution in [0.25, 0.3) is 0 Å². The largest absolute Gasteiger partial charge is 0.477 e. The molecular formula is C13H20O2S. The molecule has 1 aromatic rings. The molecular weight excluding hydrogens is 220 g/mol. The van der Waals surface area contributed by atoms with Crippen molar-refractivity contribution in [1.82, 2.24) is 0 Å². The number of thiophene rings is 1. The lowest BCUT2D eigenvalue weighted by Crippen LogP contribution is -1.99. The summed E-state index contributed by atoms with van der Waals surface area (Å²) in [6, 6.07) is 1.85. The topological polar surface area (TPSA) is 37.3 Å². The first-order valence-corrected chi connectivity index (χ1v) is 6.56. The van der Waals surface area contributed by atoms with Crippen LogP contribution in [0.1, 0.15) is 47.8 Å². The zero-order valence-electron chi connectivity index (χ0n) is 10.4. The Morgan fingerprint density at radius 3 is 2.25 bits per heavy atom. The highest BCUT2D eigenvalue weighted by Crippen LogP contribution is 2.27. The molecule has 1 N–H and O–H groups in total. The van der Waals surface area contributed by atoms with E-state index in [9.17, 15) is 4.79 Å². The van der Waals surface area contributed by atoms with Gasteiger partial charge in [0.1, 0.15) is 4.88 Å². The lowest BCUT2D eigenvalue weighted by molar-refractivity contribution is 0.0702. The summed E-state index contributed by atoms with van der Waals surface area (Å²) in [5.41, 5.74) is 1.23. The van der Waals surface area contributed by atoms with Crippen LogP contribution in [0, 0.1) is 11.8 Å². The Kier molecular flexibility index (Phi) is 4.54. The Morgan fingerprint density at radius 1 is 1.25 bits per heavy atom. The van der Waals surface area contributed by atoms with Crippen molar-refractivity contribution in [2.45, 2.75) is 40.5 Å². The molecule has 0 aliphatic heterocycles. The van der Waals surface area contributed by atoms with Crippen molar-refractivity contribution in [1.29, 1.82) is 0 Å². The molecule has 1 rings (SSSR count).